The fraction of sp³-hybridized carbons (Fsp3) is 0.586. The maximum Gasteiger partial charge on any atom is 0.407 e. The Morgan fingerprint density at radius 1 is 0.923 bits per heavy atom. The van der Waals surface area contributed by atoms with E-state index in [1.807, 2.05) is 56.8 Å². The van der Waals surface area contributed by atoms with Crippen molar-refractivity contribution in [2.24, 2.45) is 0 Å². The molecule has 2 aromatic heterocycles. The summed E-state index contributed by atoms with van der Waals surface area (Å²) in [6.45, 7) is 10.7. The van der Waals surface area contributed by atoms with Crippen molar-refractivity contribution < 1.29 is 33.2 Å². The van der Waals surface area contributed by atoms with E-state index in [1.165, 1.54) is 0 Å². The number of carbonyl (C=O) groups is 3. The van der Waals surface area contributed by atoms with Crippen molar-refractivity contribution in [1.82, 2.24) is 15.2 Å². The van der Waals surface area contributed by atoms with Crippen LogP contribution in [0, 0.1) is 0 Å². The lowest BCUT2D eigenvalue weighted by molar-refractivity contribution is -0.727. The Morgan fingerprint density at radius 2 is 1.54 bits per heavy atom. The van der Waals surface area contributed by atoms with E-state index in [0.717, 1.165) is 66.7 Å². The third-order valence-corrected chi connectivity index (χ3v) is 6.42. The van der Waals surface area contributed by atoms with E-state index in [4.69, 9.17) is 14.2 Å². The number of unbranched alkanes of at least 4 members (excludes halogenated alkanes) is 2. The van der Waals surface area contributed by atoms with Crippen LogP contribution in [0.5, 0.6) is 0 Å². The van der Waals surface area contributed by atoms with Crippen molar-refractivity contribution in [1.29, 1.82) is 0 Å². The van der Waals surface area contributed by atoms with E-state index >= 15 is 0 Å². The van der Waals surface area contributed by atoms with Gasteiger partial charge in [0.1, 0.15) is 13.2 Å². The third-order valence-electron chi connectivity index (χ3n) is 6.42. The minimum atomic E-state index is -0.501. The summed E-state index contributed by atoms with van der Waals surface area (Å²) in [5, 5.41) is 5.50. The Hall–Kier alpha value is -3.56. The molecule has 2 aromatic rings. The molecule has 0 aliphatic carbocycles. The SMILES string of the molecule is CCCCCC(=O)OC[n+]1ccc(-c2c(COC(=O)NC(C)C)c(COC(=O)NC(C)C)c3n2CCC3)cc1. The molecule has 10 nitrogen and oxygen atoms in total. The Kier molecular flexibility index (Phi) is 11.2. The molecule has 0 unspecified atom stereocenters. The zero-order chi connectivity index (χ0) is 28.4. The second kappa shape index (κ2) is 14.6. The molecule has 0 radical (unpaired) electrons. The highest BCUT2D eigenvalue weighted by atomic mass is 16.6. The molecule has 3 rings (SSSR count). The van der Waals surface area contributed by atoms with E-state index < -0.39 is 12.2 Å². The van der Waals surface area contributed by atoms with Gasteiger partial charge in [0.25, 0.3) is 6.73 Å². The first-order chi connectivity index (χ1) is 18.7. The summed E-state index contributed by atoms with van der Waals surface area (Å²) in [6, 6.07) is 3.82. The van der Waals surface area contributed by atoms with Crippen LogP contribution in [-0.4, -0.2) is 34.8 Å². The van der Waals surface area contributed by atoms with Gasteiger partial charge in [0, 0.05) is 59.6 Å². The number of rotatable bonds is 13. The second-order valence-corrected chi connectivity index (χ2v) is 10.5. The molecular formula is C29H43N4O6+. The van der Waals surface area contributed by atoms with Gasteiger partial charge in [-0.2, -0.15) is 4.57 Å². The molecule has 1 aliphatic rings. The first-order valence-electron chi connectivity index (χ1n) is 13.9. The first kappa shape index (κ1) is 30.0. The van der Waals surface area contributed by atoms with Crippen LogP contribution >= 0.6 is 0 Å². The number of nitrogens with one attached hydrogen (secondary N) is 2. The van der Waals surface area contributed by atoms with Gasteiger partial charge < -0.3 is 29.4 Å². The van der Waals surface area contributed by atoms with Gasteiger partial charge in [-0.25, -0.2) is 9.59 Å². The fourth-order valence-corrected chi connectivity index (χ4v) is 4.64. The predicted octanol–water partition coefficient (Wildman–Crippen LogP) is 4.74. The van der Waals surface area contributed by atoms with Crippen molar-refractivity contribution in [3.63, 3.8) is 0 Å². The third kappa shape index (κ3) is 8.73. The monoisotopic (exact) mass is 543 g/mol. The smallest absolute Gasteiger partial charge is 0.407 e. The average Bonchev–Trinajstić information content (AvgIpc) is 3.45. The zero-order valence-electron chi connectivity index (χ0n) is 23.9. The number of alkyl carbamates (subject to hydrolysis) is 2. The lowest BCUT2D eigenvalue weighted by Gasteiger charge is -2.14. The molecule has 0 aromatic carbocycles. The maximum absolute atomic E-state index is 12.3. The second-order valence-electron chi connectivity index (χ2n) is 10.5. The van der Waals surface area contributed by atoms with Crippen LogP contribution in [0.4, 0.5) is 9.59 Å². The number of esters is 1. The standard InChI is InChI=1S/C29H42N4O6/c1-6-7-8-11-26(34)39-19-32-15-12-22(13-16-32)27-24(18-38-29(36)31-21(4)5)23(25-10-9-14-33(25)27)17-37-28(35)30-20(2)3/h12-13,15-16,20-21H,6-11,14,17-19H2,1-5H3,(H-,30,31,35,36)/p+1. The van der Waals surface area contributed by atoms with Crippen molar-refractivity contribution in [2.45, 2.75) is 112 Å². The van der Waals surface area contributed by atoms with Gasteiger partial charge in [-0.05, 0) is 47.0 Å². The number of nitrogens with zero attached hydrogens (tertiary/aromatic N) is 2. The van der Waals surface area contributed by atoms with E-state index in [-0.39, 0.29) is 38.0 Å². The van der Waals surface area contributed by atoms with Crippen LogP contribution in [0.2, 0.25) is 0 Å². The Bertz CT molecular complexity index is 1120. The number of ether oxygens (including phenoxy) is 3. The number of aromatic nitrogens is 2. The summed E-state index contributed by atoms with van der Waals surface area (Å²) < 4.78 is 20.6. The molecule has 214 valence electrons. The highest BCUT2D eigenvalue weighted by Gasteiger charge is 2.28. The van der Waals surface area contributed by atoms with Crippen LogP contribution in [0.25, 0.3) is 11.3 Å². The number of fused-ring (bicyclic) bond motifs is 1. The summed E-state index contributed by atoms with van der Waals surface area (Å²) >= 11 is 0. The minimum absolute atomic E-state index is 0.0398. The Labute approximate surface area is 231 Å². The van der Waals surface area contributed by atoms with Crippen LogP contribution in [-0.2, 0) is 51.9 Å². The number of carbonyl (C=O) groups excluding carboxylic acids is 3. The van der Waals surface area contributed by atoms with E-state index in [2.05, 4.69) is 22.1 Å². The number of hydrogen-bond donors (Lipinski definition) is 2. The summed E-state index contributed by atoms with van der Waals surface area (Å²) in [6.07, 6.45) is 7.90. The van der Waals surface area contributed by atoms with Gasteiger partial charge in [-0.15, -0.1) is 0 Å². The van der Waals surface area contributed by atoms with Crippen LogP contribution in [0.1, 0.15) is 83.5 Å². The van der Waals surface area contributed by atoms with E-state index in [9.17, 15) is 14.4 Å². The van der Waals surface area contributed by atoms with Crippen molar-refractivity contribution in [3.8, 4) is 11.3 Å². The van der Waals surface area contributed by atoms with Gasteiger partial charge in [0.05, 0.1) is 5.69 Å². The van der Waals surface area contributed by atoms with Crippen molar-refractivity contribution >= 4 is 18.2 Å². The topological polar surface area (TPSA) is 112 Å². The lowest BCUT2D eigenvalue weighted by atomic mass is 10.0. The van der Waals surface area contributed by atoms with E-state index in [0.29, 0.717) is 6.42 Å². The highest BCUT2D eigenvalue weighted by Crippen LogP contribution is 2.36. The van der Waals surface area contributed by atoms with Crippen molar-refractivity contribution in [3.05, 3.63) is 41.3 Å². The van der Waals surface area contributed by atoms with Gasteiger partial charge in [-0.3, -0.25) is 4.79 Å². The molecule has 0 bridgehead atoms. The number of hydrogen-bond acceptors (Lipinski definition) is 6. The molecule has 0 spiro atoms. The predicted molar refractivity (Wildman–Crippen MR) is 146 cm³/mol. The molecule has 0 fully saturated rings. The molecule has 10 heteroatoms. The molecule has 2 N–H and O–H groups in total. The molecule has 0 saturated carbocycles. The first-order valence-corrected chi connectivity index (χ1v) is 13.9. The maximum atomic E-state index is 12.3. The average molecular weight is 544 g/mol. The van der Waals surface area contributed by atoms with Gasteiger partial charge in [0.15, 0.2) is 12.4 Å². The minimum Gasteiger partial charge on any atom is -0.445 e. The zero-order valence-corrected chi connectivity index (χ0v) is 23.9. The largest absolute Gasteiger partial charge is 0.445 e. The Balaban J connectivity index is 1.84. The van der Waals surface area contributed by atoms with Crippen LogP contribution in [0.15, 0.2) is 24.5 Å². The molecule has 1 aliphatic heterocycles. The molecule has 0 atom stereocenters. The van der Waals surface area contributed by atoms with Crippen LogP contribution in [0.3, 0.4) is 0 Å². The molecule has 0 saturated heterocycles. The number of amides is 2. The summed E-state index contributed by atoms with van der Waals surface area (Å²) in [7, 11) is 0. The highest BCUT2D eigenvalue weighted by molar-refractivity contribution is 5.71. The molecule has 2 amide bonds. The quantitative estimate of drug-likeness (QED) is 0.163. The van der Waals surface area contributed by atoms with Gasteiger partial charge >= 0.3 is 18.2 Å². The Morgan fingerprint density at radius 3 is 2.13 bits per heavy atom. The van der Waals surface area contributed by atoms with Crippen molar-refractivity contribution in [2.75, 3.05) is 0 Å². The lowest BCUT2D eigenvalue weighted by Crippen LogP contribution is -2.35. The summed E-state index contributed by atoms with van der Waals surface area (Å²) in [5.41, 5.74) is 4.65. The van der Waals surface area contributed by atoms with Crippen LogP contribution < -0.4 is 15.2 Å². The molecule has 3 heterocycles. The summed E-state index contributed by atoms with van der Waals surface area (Å²) in [5.74, 6) is -0.199. The van der Waals surface area contributed by atoms with E-state index in [1.54, 1.807) is 0 Å². The van der Waals surface area contributed by atoms with Gasteiger partial charge in [0.2, 0.25) is 0 Å². The molecular weight excluding hydrogens is 500 g/mol. The summed E-state index contributed by atoms with van der Waals surface area (Å²) in [4.78, 5) is 36.6. The van der Waals surface area contributed by atoms with Gasteiger partial charge in [-0.1, -0.05) is 19.8 Å². The normalized spacial score (nSPS) is 12.4. The fourth-order valence-electron chi connectivity index (χ4n) is 4.64. The molecule has 39 heavy (non-hydrogen) atoms. The number of pyridine rings is 1.